The van der Waals surface area contributed by atoms with E-state index in [1.165, 1.54) is 4.31 Å². The predicted octanol–water partition coefficient (Wildman–Crippen LogP) is -0.389. The van der Waals surface area contributed by atoms with Crippen molar-refractivity contribution >= 4 is 22.1 Å². The third-order valence-electron chi connectivity index (χ3n) is 3.34. The van der Waals surface area contributed by atoms with E-state index in [2.05, 4.69) is 9.47 Å². The maximum absolute atomic E-state index is 12.6. The van der Waals surface area contributed by atoms with Crippen LogP contribution in [0.25, 0.3) is 0 Å². The number of rotatable bonds is 6. The molecule has 0 aliphatic carbocycles. The molecule has 0 radical (unpaired) electrons. The fourth-order valence-electron chi connectivity index (χ4n) is 2.16. The number of piperidine rings is 1. The fourth-order valence-corrected chi connectivity index (χ4v) is 3.82. The summed E-state index contributed by atoms with van der Waals surface area (Å²) in [5, 5.41) is 0. The Labute approximate surface area is 125 Å². The van der Waals surface area contributed by atoms with E-state index in [9.17, 15) is 18.0 Å². The predicted molar refractivity (Wildman–Crippen MR) is 74.5 cm³/mol. The number of carbonyl (C=O) groups excluding carboxylic acids is 2. The Morgan fingerprint density at radius 3 is 2.14 bits per heavy atom. The van der Waals surface area contributed by atoms with Crippen LogP contribution < -0.4 is 0 Å². The Morgan fingerprint density at radius 1 is 1.19 bits per heavy atom. The highest BCUT2D eigenvalue weighted by atomic mass is 32.2. The Kier molecular flexibility index (Phi) is 6.56. The van der Waals surface area contributed by atoms with Crippen molar-refractivity contribution in [2.75, 3.05) is 40.4 Å². The van der Waals surface area contributed by atoms with E-state index in [1.54, 1.807) is 0 Å². The smallest absolute Gasteiger partial charge is 0.321 e. The first kappa shape index (κ1) is 17.9. The molecule has 1 aliphatic rings. The van der Waals surface area contributed by atoms with E-state index in [0.29, 0.717) is 13.1 Å². The van der Waals surface area contributed by atoms with Gasteiger partial charge < -0.3 is 9.47 Å². The molecular formula is C12H22N2O6S. The first-order valence-corrected chi connectivity index (χ1v) is 8.09. The van der Waals surface area contributed by atoms with Crippen LogP contribution >= 0.6 is 0 Å². The van der Waals surface area contributed by atoms with Gasteiger partial charge in [0.15, 0.2) is 0 Å². The molecule has 1 aliphatic heterocycles. The molecule has 1 unspecified atom stereocenters. The van der Waals surface area contributed by atoms with Gasteiger partial charge in [0.2, 0.25) is 0 Å². The van der Waals surface area contributed by atoms with Crippen molar-refractivity contribution < 1.29 is 27.5 Å². The minimum atomic E-state index is -3.90. The van der Waals surface area contributed by atoms with Crippen molar-refractivity contribution in [3.8, 4) is 0 Å². The minimum absolute atomic E-state index is 0.242. The molecule has 0 saturated carbocycles. The second-order valence-electron chi connectivity index (χ2n) is 5.03. The third-order valence-corrected chi connectivity index (χ3v) is 5.23. The van der Waals surface area contributed by atoms with E-state index < -0.39 is 35.2 Å². The molecule has 0 bridgehead atoms. The van der Waals surface area contributed by atoms with E-state index in [4.69, 9.17) is 0 Å². The molecule has 21 heavy (non-hydrogen) atoms. The average Bonchev–Trinajstić information content (AvgIpc) is 2.46. The molecule has 0 aromatic heterocycles. The van der Waals surface area contributed by atoms with Crippen LogP contribution in [-0.4, -0.2) is 69.4 Å². The van der Waals surface area contributed by atoms with Crippen LogP contribution in [0.3, 0.4) is 0 Å². The van der Waals surface area contributed by atoms with Crippen molar-refractivity contribution in [3.05, 3.63) is 0 Å². The zero-order chi connectivity index (χ0) is 16.0. The van der Waals surface area contributed by atoms with Crippen LogP contribution in [0.15, 0.2) is 0 Å². The van der Waals surface area contributed by atoms with E-state index >= 15 is 0 Å². The number of hydrogen-bond donors (Lipinski definition) is 0. The first-order valence-electron chi connectivity index (χ1n) is 6.70. The molecule has 122 valence electrons. The lowest BCUT2D eigenvalue weighted by molar-refractivity contribution is -0.143. The molecule has 1 atom stereocenters. The van der Waals surface area contributed by atoms with Gasteiger partial charge in [0, 0.05) is 13.1 Å². The van der Waals surface area contributed by atoms with Crippen molar-refractivity contribution in [1.29, 1.82) is 0 Å². The number of methoxy groups -OCH3 is 2. The zero-order valence-corrected chi connectivity index (χ0v) is 13.4. The topological polar surface area (TPSA) is 93.2 Å². The van der Waals surface area contributed by atoms with Gasteiger partial charge in [-0.1, -0.05) is 6.92 Å². The summed E-state index contributed by atoms with van der Waals surface area (Å²) >= 11 is 0. The first-order chi connectivity index (χ1) is 9.81. The van der Waals surface area contributed by atoms with Crippen molar-refractivity contribution in [1.82, 2.24) is 8.61 Å². The molecule has 0 amide bonds. The van der Waals surface area contributed by atoms with Gasteiger partial charge in [-0.2, -0.15) is 17.0 Å². The van der Waals surface area contributed by atoms with Crippen LogP contribution in [0.5, 0.6) is 0 Å². The molecule has 1 rings (SSSR count). The van der Waals surface area contributed by atoms with Gasteiger partial charge in [-0.3, -0.25) is 9.59 Å². The van der Waals surface area contributed by atoms with Crippen molar-refractivity contribution in [3.63, 3.8) is 0 Å². The molecule has 1 heterocycles. The summed E-state index contributed by atoms with van der Waals surface area (Å²) < 4.78 is 36.2. The molecule has 0 aromatic rings. The highest BCUT2D eigenvalue weighted by Crippen LogP contribution is 2.20. The Hall–Kier alpha value is -1.19. The summed E-state index contributed by atoms with van der Waals surface area (Å²) in [4.78, 5) is 22.8. The normalized spacial score (nSPS) is 20.3. The number of esters is 2. The molecule has 0 N–H and O–H groups in total. The Morgan fingerprint density at radius 2 is 1.71 bits per heavy atom. The Balaban J connectivity index is 2.92. The molecule has 1 saturated heterocycles. The molecule has 9 heteroatoms. The SMILES string of the molecule is COC(=O)CN(CC(=O)OC)S(=O)(=O)N1CCCC(C)C1. The molecular weight excluding hydrogens is 300 g/mol. The number of carbonyl (C=O) groups is 2. The van der Waals surface area contributed by atoms with Crippen molar-refractivity contribution in [2.45, 2.75) is 19.8 Å². The number of ether oxygens (including phenoxy) is 2. The van der Waals surface area contributed by atoms with Gasteiger partial charge in [-0.05, 0) is 18.8 Å². The lowest BCUT2D eigenvalue weighted by Gasteiger charge is -2.33. The van der Waals surface area contributed by atoms with Gasteiger partial charge in [-0.25, -0.2) is 0 Å². The van der Waals surface area contributed by atoms with Gasteiger partial charge >= 0.3 is 11.9 Å². The van der Waals surface area contributed by atoms with Gasteiger partial charge in [-0.15, -0.1) is 0 Å². The second kappa shape index (κ2) is 7.71. The lowest BCUT2D eigenvalue weighted by atomic mass is 10.0. The van der Waals surface area contributed by atoms with E-state index in [0.717, 1.165) is 31.4 Å². The number of nitrogens with zero attached hydrogens (tertiary/aromatic N) is 2. The van der Waals surface area contributed by atoms with Crippen LogP contribution in [0, 0.1) is 5.92 Å². The highest BCUT2D eigenvalue weighted by molar-refractivity contribution is 7.86. The summed E-state index contributed by atoms with van der Waals surface area (Å²) in [5.74, 6) is -1.22. The summed E-state index contributed by atoms with van der Waals surface area (Å²) in [6, 6.07) is 0. The maximum atomic E-state index is 12.6. The highest BCUT2D eigenvalue weighted by Gasteiger charge is 2.35. The molecule has 8 nitrogen and oxygen atoms in total. The van der Waals surface area contributed by atoms with Crippen LogP contribution in [0.2, 0.25) is 0 Å². The average molecular weight is 322 g/mol. The summed E-state index contributed by atoms with van der Waals surface area (Å²) in [7, 11) is -1.58. The summed E-state index contributed by atoms with van der Waals surface area (Å²) in [6.07, 6.45) is 1.71. The monoisotopic (exact) mass is 322 g/mol. The molecule has 0 aromatic carbocycles. The van der Waals surface area contributed by atoms with E-state index in [-0.39, 0.29) is 5.92 Å². The van der Waals surface area contributed by atoms with Crippen LogP contribution in [0.4, 0.5) is 0 Å². The van der Waals surface area contributed by atoms with Gasteiger partial charge in [0.25, 0.3) is 10.2 Å². The largest absolute Gasteiger partial charge is 0.468 e. The fraction of sp³-hybridized carbons (Fsp3) is 0.833. The Bertz CT molecular complexity index is 460. The quantitative estimate of drug-likeness (QED) is 0.618. The van der Waals surface area contributed by atoms with Crippen LogP contribution in [0.1, 0.15) is 19.8 Å². The third kappa shape index (κ3) is 4.94. The van der Waals surface area contributed by atoms with E-state index in [1.807, 2.05) is 6.92 Å². The minimum Gasteiger partial charge on any atom is -0.468 e. The maximum Gasteiger partial charge on any atom is 0.321 e. The lowest BCUT2D eigenvalue weighted by Crippen LogP contribution is -2.50. The van der Waals surface area contributed by atoms with Gasteiger partial charge in [0.05, 0.1) is 14.2 Å². The zero-order valence-electron chi connectivity index (χ0n) is 12.6. The summed E-state index contributed by atoms with van der Waals surface area (Å²) in [5.41, 5.74) is 0. The van der Waals surface area contributed by atoms with Gasteiger partial charge in [0.1, 0.15) is 13.1 Å². The van der Waals surface area contributed by atoms with Crippen LogP contribution in [-0.2, 0) is 29.3 Å². The molecule has 0 spiro atoms. The van der Waals surface area contributed by atoms with Crippen molar-refractivity contribution in [2.24, 2.45) is 5.92 Å². The summed E-state index contributed by atoms with van der Waals surface area (Å²) in [6.45, 7) is 1.69. The second-order valence-corrected chi connectivity index (χ2v) is 6.96. The molecule has 1 fully saturated rings. The number of hydrogen-bond acceptors (Lipinski definition) is 6. The standard InChI is InChI=1S/C12H22N2O6S/c1-10-5-4-6-13(7-10)21(17,18)14(8-11(15)19-2)9-12(16)20-3/h10H,4-9H2,1-3H3.